The quantitative estimate of drug-likeness (QED) is 0.779. The number of carbonyl (C=O) groups is 2. The minimum atomic E-state index is -0.487. The number of amides is 2. The summed E-state index contributed by atoms with van der Waals surface area (Å²) in [7, 11) is 0. The molecule has 2 fully saturated rings. The van der Waals surface area contributed by atoms with E-state index in [0.29, 0.717) is 13.0 Å². The molecule has 1 aliphatic carbocycles. The Morgan fingerprint density at radius 2 is 2.06 bits per heavy atom. The van der Waals surface area contributed by atoms with E-state index < -0.39 is 5.54 Å². The predicted molar refractivity (Wildman–Crippen MR) is 60.8 cm³/mol. The highest BCUT2D eigenvalue weighted by atomic mass is 16.2. The molecule has 4 heteroatoms. The minimum absolute atomic E-state index is 0.0682. The van der Waals surface area contributed by atoms with Crippen LogP contribution in [0.1, 0.15) is 46.0 Å². The lowest BCUT2D eigenvalue weighted by atomic mass is 9.72. The van der Waals surface area contributed by atoms with Gasteiger partial charge in [0.1, 0.15) is 11.6 Å². The Balaban J connectivity index is 2.25. The number of carbonyl (C=O) groups excluding carboxylic acids is 2. The first-order chi connectivity index (χ1) is 7.65. The van der Waals surface area contributed by atoms with Crippen LogP contribution in [-0.2, 0) is 9.59 Å². The molecule has 0 radical (unpaired) electrons. The van der Waals surface area contributed by atoms with Crippen molar-refractivity contribution in [2.24, 2.45) is 0 Å². The van der Waals surface area contributed by atoms with E-state index in [1.54, 1.807) is 0 Å². The van der Waals surface area contributed by atoms with Crippen LogP contribution in [0, 0.1) is 0 Å². The summed E-state index contributed by atoms with van der Waals surface area (Å²) in [6.45, 7) is 4.70. The monoisotopic (exact) mass is 224 g/mol. The molecule has 0 aromatic rings. The van der Waals surface area contributed by atoms with Crippen molar-refractivity contribution in [3.05, 3.63) is 0 Å². The van der Waals surface area contributed by atoms with E-state index >= 15 is 0 Å². The van der Waals surface area contributed by atoms with Crippen LogP contribution in [0.2, 0.25) is 0 Å². The van der Waals surface area contributed by atoms with E-state index in [9.17, 15) is 9.59 Å². The lowest BCUT2D eigenvalue weighted by molar-refractivity contribution is -0.163. The zero-order valence-electron chi connectivity index (χ0n) is 10.1. The van der Waals surface area contributed by atoms with E-state index in [0.717, 1.165) is 25.7 Å². The van der Waals surface area contributed by atoms with Crippen molar-refractivity contribution in [1.82, 2.24) is 10.2 Å². The Morgan fingerprint density at radius 1 is 1.38 bits per heavy atom. The van der Waals surface area contributed by atoms with Crippen molar-refractivity contribution in [3.63, 3.8) is 0 Å². The van der Waals surface area contributed by atoms with Gasteiger partial charge in [0.05, 0.1) is 0 Å². The van der Waals surface area contributed by atoms with Gasteiger partial charge in [0.25, 0.3) is 0 Å². The fourth-order valence-corrected chi connectivity index (χ4v) is 2.71. The molecule has 0 aromatic heterocycles. The first-order valence-corrected chi connectivity index (χ1v) is 6.28. The Hall–Kier alpha value is -1.06. The molecule has 1 aliphatic heterocycles. The van der Waals surface area contributed by atoms with E-state index in [2.05, 4.69) is 5.32 Å². The second-order valence-electron chi connectivity index (χ2n) is 4.81. The lowest BCUT2D eigenvalue weighted by Crippen LogP contribution is -2.73. The fourth-order valence-electron chi connectivity index (χ4n) is 2.71. The van der Waals surface area contributed by atoms with Crippen molar-refractivity contribution in [3.8, 4) is 0 Å². The number of hydrogen-bond donors (Lipinski definition) is 1. The first kappa shape index (κ1) is 11.4. The molecule has 16 heavy (non-hydrogen) atoms. The normalized spacial score (nSPS) is 27.9. The van der Waals surface area contributed by atoms with Crippen LogP contribution in [-0.4, -0.2) is 34.8 Å². The van der Waals surface area contributed by atoms with Crippen LogP contribution < -0.4 is 5.32 Å². The molecule has 1 saturated heterocycles. The van der Waals surface area contributed by atoms with Gasteiger partial charge < -0.3 is 10.2 Å². The van der Waals surface area contributed by atoms with Crippen LogP contribution in [0.3, 0.4) is 0 Å². The van der Waals surface area contributed by atoms with Gasteiger partial charge in [0, 0.05) is 6.54 Å². The Morgan fingerprint density at radius 3 is 2.50 bits per heavy atom. The van der Waals surface area contributed by atoms with Crippen LogP contribution >= 0.6 is 0 Å². The molecule has 1 spiro atoms. The Labute approximate surface area is 96.4 Å². The molecule has 1 saturated carbocycles. The summed E-state index contributed by atoms with van der Waals surface area (Å²) in [6, 6.07) is -0.301. The highest BCUT2D eigenvalue weighted by molar-refractivity contribution is 6.00. The summed E-state index contributed by atoms with van der Waals surface area (Å²) in [4.78, 5) is 26.1. The summed E-state index contributed by atoms with van der Waals surface area (Å²) in [5.41, 5.74) is -0.487. The molecule has 2 amide bonds. The van der Waals surface area contributed by atoms with Gasteiger partial charge in [0.2, 0.25) is 11.8 Å². The maximum absolute atomic E-state index is 12.2. The summed E-state index contributed by atoms with van der Waals surface area (Å²) >= 11 is 0. The molecule has 0 aromatic carbocycles. The van der Waals surface area contributed by atoms with Crippen molar-refractivity contribution < 1.29 is 9.59 Å². The van der Waals surface area contributed by atoms with E-state index in [-0.39, 0.29) is 17.9 Å². The highest BCUT2D eigenvalue weighted by Crippen LogP contribution is 2.40. The molecule has 4 nitrogen and oxygen atoms in total. The molecule has 1 N–H and O–H groups in total. The smallest absolute Gasteiger partial charge is 0.246 e. The molecule has 0 bridgehead atoms. The van der Waals surface area contributed by atoms with Gasteiger partial charge in [-0.1, -0.05) is 13.8 Å². The van der Waals surface area contributed by atoms with Crippen molar-refractivity contribution in [1.29, 1.82) is 0 Å². The van der Waals surface area contributed by atoms with Gasteiger partial charge in [-0.2, -0.15) is 0 Å². The lowest BCUT2D eigenvalue weighted by Gasteiger charge is -2.53. The maximum atomic E-state index is 12.2. The average Bonchev–Trinajstić information content (AvgIpc) is 2.21. The van der Waals surface area contributed by atoms with Gasteiger partial charge >= 0.3 is 0 Å². The zero-order valence-corrected chi connectivity index (χ0v) is 10.1. The summed E-state index contributed by atoms with van der Waals surface area (Å²) in [6.07, 6.45) is 4.32. The molecule has 2 rings (SSSR count). The van der Waals surface area contributed by atoms with E-state index in [4.69, 9.17) is 0 Å². The second kappa shape index (κ2) is 4.07. The molecular formula is C12H20N2O2. The third-order valence-electron chi connectivity index (χ3n) is 3.84. The van der Waals surface area contributed by atoms with Gasteiger partial charge in [-0.05, 0) is 32.1 Å². The molecule has 1 heterocycles. The fraction of sp³-hybridized carbons (Fsp3) is 0.833. The predicted octanol–water partition coefficient (Wildman–Crippen LogP) is 1.06. The average molecular weight is 224 g/mol. The topological polar surface area (TPSA) is 49.4 Å². The number of nitrogens with one attached hydrogen (secondary N) is 1. The number of nitrogens with zero attached hydrogens (tertiary/aromatic N) is 1. The Kier molecular flexibility index (Phi) is 2.91. The van der Waals surface area contributed by atoms with Crippen molar-refractivity contribution in [2.75, 3.05) is 6.54 Å². The van der Waals surface area contributed by atoms with Gasteiger partial charge in [0.15, 0.2) is 0 Å². The molecule has 1 unspecified atom stereocenters. The van der Waals surface area contributed by atoms with Gasteiger partial charge in [-0.25, -0.2) is 0 Å². The van der Waals surface area contributed by atoms with Crippen LogP contribution in [0.4, 0.5) is 0 Å². The molecule has 2 aliphatic rings. The van der Waals surface area contributed by atoms with Crippen molar-refractivity contribution >= 4 is 11.8 Å². The standard InChI is InChI=1S/C12H20N2O2/c1-3-8-14-10(15)9(4-2)13-11(16)12(14)6-5-7-12/h9H,3-8H2,1-2H3,(H,13,16). The van der Waals surface area contributed by atoms with E-state index in [1.807, 2.05) is 18.7 Å². The third kappa shape index (κ3) is 1.43. The largest absolute Gasteiger partial charge is 0.342 e. The molecule has 1 atom stereocenters. The van der Waals surface area contributed by atoms with Crippen molar-refractivity contribution in [2.45, 2.75) is 57.5 Å². The highest BCUT2D eigenvalue weighted by Gasteiger charge is 2.55. The summed E-state index contributed by atoms with van der Waals surface area (Å²) in [5.74, 6) is 0.183. The Bertz CT molecular complexity index is 310. The SMILES string of the molecule is CCCN1C(=O)C(CC)NC(=O)C12CCC2. The zero-order chi connectivity index (χ0) is 11.8. The molecular weight excluding hydrogens is 204 g/mol. The van der Waals surface area contributed by atoms with Gasteiger partial charge in [-0.15, -0.1) is 0 Å². The van der Waals surface area contributed by atoms with Crippen LogP contribution in [0.5, 0.6) is 0 Å². The number of hydrogen-bond acceptors (Lipinski definition) is 2. The third-order valence-corrected chi connectivity index (χ3v) is 3.84. The van der Waals surface area contributed by atoms with E-state index in [1.165, 1.54) is 0 Å². The maximum Gasteiger partial charge on any atom is 0.246 e. The number of piperazine rings is 1. The van der Waals surface area contributed by atoms with Crippen LogP contribution in [0.25, 0.3) is 0 Å². The van der Waals surface area contributed by atoms with Gasteiger partial charge in [-0.3, -0.25) is 9.59 Å². The summed E-state index contributed by atoms with van der Waals surface area (Å²) in [5, 5.41) is 2.87. The number of rotatable bonds is 3. The van der Waals surface area contributed by atoms with Crippen LogP contribution in [0.15, 0.2) is 0 Å². The molecule has 90 valence electrons. The minimum Gasteiger partial charge on any atom is -0.342 e. The second-order valence-corrected chi connectivity index (χ2v) is 4.81. The summed E-state index contributed by atoms with van der Waals surface area (Å²) < 4.78 is 0. The first-order valence-electron chi connectivity index (χ1n) is 6.28.